The van der Waals surface area contributed by atoms with Gasteiger partial charge in [0, 0.05) is 18.4 Å². The van der Waals surface area contributed by atoms with Crippen LogP contribution in [0.25, 0.3) is 0 Å². The van der Waals surface area contributed by atoms with Gasteiger partial charge in [0.2, 0.25) is 0 Å². The van der Waals surface area contributed by atoms with Crippen molar-refractivity contribution < 1.29 is 26.4 Å². The van der Waals surface area contributed by atoms with E-state index < -0.39 is 31.8 Å². The summed E-state index contributed by atoms with van der Waals surface area (Å²) >= 11 is 0. The van der Waals surface area contributed by atoms with E-state index in [1.807, 2.05) is 0 Å². The second-order valence-electron chi connectivity index (χ2n) is 4.77. The van der Waals surface area contributed by atoms with E-state index in [1.54, 1.807) is 13.8 Å². The van der Waals surface area contributed by atoms with Crippen LogP contribution in [0.5, 0.6) is 0 Å². The minimum atomic E-state index is -3.32. The Morgan fingerprint density at radius 3 is 1.50 bits per heavy atom. The molecule has 0 aliphatic rings. The summed E-state index contributed by atoms with van der Waals surface area (Å²) in [4.78, 5) is 0. The third kappa shape index (κ3) is 4.53. The molecule has 0 saturated heterocycles. The molecule has 0 aliphatic heterocycles. The summed E-state index contributed by atoms with van der Waals surface area (Å²) in [6.45, 7) is 10.6. The van der Waals surface area contributed by atoms with Crippen LogP contribution in [0.15, 0.2) is 0 Å². The largest absolute Gasteiger partial charge is 0.391 e. The Balaban J connectivity index is 0.00000135. The van der Waals surface area contributed by atoms with Gasteiger partial charge in [-0.1, -0.05) is 20.3 Å². The van der Waals surface area contributed by atoms with E-state index in [1.165, 1.54) is 19.9 Å². The molecule has 0 bridgehead atoms. The van der Waals surface area contributed by atoms with Gasteiger partial charge in [-0.05, 0) is 32.9 Å². The second-order valence-corrected chi connectivity index (χ2v) is 7.74. The van der Waals surface area contributed by atoms with Crippen molar-refractivity contribution in [3.63, 3.8) is 0 Å². The molecule has 7 heteroatoms. The molecule has 0 spiro atoms. The zero-order valence-corrected chi connectivity index (χ0v) is 14.9. The van der Waals surface area contributed by atoms with E-state index in [4.69, 9.17) is 8.85 Å². The Labute approximate surface area is 130 Å². The van der Waals surface area contributed by atoms with Crippen LogP contribution >= 0.6 is 0 Å². The zero-order chi connectivity index (χ0) is 17.5. The zero-order valence-electron chi connectivity index (χ0n) is 13.9. The Kier molecular flexibility index (Phi) is 8.88. The lowest BCUT2D eigenvalue weighted by Crippen LogP contribution is -2.54. The van der Waals surface area contributed by atoms with Crippen molar-refractivity contribution in [1.82, 2.24) is 0 Å². The van der Waals surface area contributed by atoms with Gasteiger partial charge >= 0.3 is 8.56 Å². The van der Waals surface area contributed by atoms with Gasteiger partial charge in [-0.25, -0.2) is 17.6 Å². The smallest absolute Gasteiger partial charge is 0.372 e. The Hall–Kier alpha value is -0.923. The van der Waals surface area contributed by atoms with Gasteiger partial charge in [-0.15, -0.1) is 0 Å². The number of hydrogen-bond acceptors (Lipinski definition) is 2. The van der Waals surface area contributed by atoms with E-state index in [0.29, 0.717) is 0 Å². The lowest BCUT2D eigenvalue weighted by atomic mass is 10.2. The first-order valence-electron chi connectivity index (χ1n) is 7.32. The van der Waals surface area contributed by atoms with Gasteiger partial charge in [0.15, 0.2) is 23.3 Å². The van der Waals surface area contributed by atoms with Crippen LogP contribution in [0.1, 0.15) is 39.7 Å². The normalized spacial score (nSPS) is 11.2. The van der Waals surface area contributed by atoms with Crippen molar-refractivity contribution in [2.45, 2.75) is 47.6 Å². The molecule has 2 nitrogen and oxygen atoms in total. The highest BCUT2D eigenvalue weighted by molar-refractivity contribution is 6.80. The highest BCUT2D eigenvalue weighted by Crippen LogP contribution is 2.21. The van der Waals surface area contributed by atoms with E-state index in [0.717, 1.165) is 0 Å². The number of rotatable bonds is 5. The Bertz CT molecular complexity index is 460. The molecule has 0 aromatic heterocycles. The van der Waals surface area contributed by atoms with Gasteiger partial charge in [0.05, 0.1) is 0 Å². The molecule has 0 fully saturated rings. The van der Waals surface area contributed by atoms with Crippen LogP contribution in [-0.2, 0) is 8.85 Å². The topological polar surface area (TPSA) is 18.5 Å². The first-order valence-corrected chi connectivity index (χ1v) is 9.64. The van der Waals surface area contributed by atoms with Crippen molar-refractivity contribution in [2.24, 2.45) is 0 Å². The quantitative estimate of drug-likeness (QED) is 0.344. The Morgan fingerprint density at radius 1 is 0.773 bits per heavy atom. The molecule has 0 radical (unpaired) electrons. The molecule has 1 rings (SSSR count). The van der Waals surface area contributed by atoms with E-state index in [2.05, 4.69) is 13.8 Å². The summed E-state index contributed by atoms with van der Waals surface area (Å²) < 4.78 is 64.8. The van der Waals surface area contributed by atoms with Crippen molar-refractivity contribution in [1.29, 1.82) is 0 Å². The van der Waals surface area contributed by atoms with Crippen LogP contribution < -0.4 is 5.19 Å². The second kappa shape index (κ2) is 9.27. The summed E-state index contributed by atoms with van der Waals surface area (Å²) in [7, 11) is -3.32. The monoisotopic (exact) mass is 340 g/mol. The molecule has 128 valence electrons. The first-order chi connectivity index (χ1) is 10.2. The summed E-state index contributed by atoms with van der Waals surface area (Å²) in [5.41, 5.74) is -0.313. The van der Waals surface area contributed by atoms with Gasteiger partial charge in [0.1, 0.15) is 0 Å². The summed E-state index contributed by atoms with van der Waals surface area (Å²) in [6.07, 6.45) is 1.25. The molecule has 0 heterocycles. The minimum Gasteiger partial charge on any atom is -0.391 e. The van der Waals surface area contributed by atoms with Crippen molar-refractivity contribution in [3.05, 3.63) is 28.8 Å². The number of hydrogen-bond donors (Lipinski definition) is 0. The number of halogens is 4. The predicted octanol–water partition coefficient (Wildman–Crippen LogP) is 4.32. The predicted molar refractivity (Wildman–Crippen MR) is 81.5 cm³/mol. The highest BCUT2D eigenvalue weighted by Gasteiger charge is 2.41. The molecule has 0 amide bonds. The van der Waals surface area contributed by atoms with Gasteiger partial charge in [-0.2, -0.15) is 0 Å². The summed E-state index contributed by atoms with van der Waals surface area (Å²) in [5, 5.41) is -0.326. The van der Waals surface area contributed by atoms with E-state index >= 15 is 0 Å². The molecule has 0 unspecified atom stereocenters. The highest BCUT2D eigenvalue weighted by atomic mass is 28.4. The fourth-order valence-electron chi connectivity index (χ4n) is 2.02. The molecule has 0 atom stereocenters. The maximum atomic E-state index is 13.9. The Morgan fingerprint density at radius 2 is 1.14 bits per heavy atom. The van der Waals surface area contributed by atoms with Crippen molar-refractivity contribution >= 4 is 13.7 Å². The van der Waals surface area contributed by atoms with Crippen LogP contribution in [0, 0.1) is 30.2 Å². The van der Waals surface area contributed by atoms with Crippen LogP contribution in [0.2, 0.25) is 6.55 Å². The van der Waals surface area contributed by atoms with Crippen LogP contribution in [0.4, 0.5) is 17.6 Å². The molecule has 1 aromatic carbocycles. The average molecular weight is 340 g/mol. The van der Waals surface area contributed by atoms with E-state index in [-0.39, 0.29) is 24.0 Å². The molecular formula is C15H24F4O2Si. The first kappa shape index (κ1) is 21.1. The molecule has 0 saturated carbocycles. The fourth-order valence-corrected chi connectivity index (χ4v) is 4.79. The lowest BCUT2D eigenvalue weighted by Gasteiger charge is -2.28. The maximum absolute atomic E-state index is 13.9. The third-order valence-electron chi connectivity index (χ3n) is 2.80. The summed E-state index contributed by atoms with van der Waals surface area (Å²) in [5.74, 6) is -6.50. The molecule has 22 heavy (non-hydrogen) atoms. The number of benzene rings is 1. The fraction of sp³-hybridized carbons (Fsp3) is 0.600. The maximum Gasteiger partial charge on any atom is 0.372 e. The van der Waals surface area contributed by atoms with Crippen LogP contribution in [0.3, 0.4) is 0 Å². The standard InChI is InChI=1S/C12H16F4O2Si.C3H8/c1-5-17-19(4,18-6-2)12-7(3)8(13)9(14)10(15)11(12)16;1-3-2/h5-6H2,1-4H3;3H2,1-2H3. The van der Waals surface area contributed by atoms with Crippen molar-refractivity contribution in [3.8, 4) is 0 Å². The van der Waals surface area contributed by atoms with Gasteiger partial charge in [-0.3, -0.25) is 0 Å². The average Bonchev–Trinajstić information content (AvgIpc) is 2.44. The molecule has 1 aromatic rings. The summed E-state index contributed by atoms with van der Waals surface area (Å²) in [6, 6.07) is 0. The SMILES string of the molecule is CCC.CCO[Si](C)(OCC)c1c(C)c(F)c(F)c(F)c1F. The van der Waals surface area contributed by atoms with Gasteiger partial charge in [0.25, 0.3) is 0 Å². The molecule has 0 N–H and O–H groups in total. The van der Waals surface area contributed by atoms with Crippen molar-refractivity contribution in [2.75, 3.05) is 13.2 Å². The molecule has 0 aliphatic carbocycles. The van der Waals surface area contributed by atoms with Gasteiger partial charge < -0.3 is 8.85 Å². The van der Waals surface area contributed by atoms with Crippen LogP contribution in [-0.4, -0.2) is 21.8 Å². The molecular weight excluding hydrogens is 316 g/mol. The third-order valence-corrected chi connectivity index (χ3v) is 5.98. The lowest BCUT2D eigenvalue weighted by molar-refractivity contribution is 0.200. The van der Waals surface area contributed by atoms with E-state index in [9.17, 15) is 17.6 Å². The minimum absolute atomic E-state index is 0.197.